The van der Waals surface area contributed by atoms with Crippen molar-refractivity contribution >= 4 is 11.6 Å². The van der Waals surface area contributed by atoms with Crippen molar-refractivity contribution in [3.63, 3.8) is 0 Å². The lowest BCUT2D eigenvalue weighted by Gasteiger charge is -2.29. The largest absolute Gasteiger partial charge is 0.497 e. The highest BCUT2D eigenvalue weighted by Gasteiger charge is 2.31. The lowest BCUT2D eigenvalue weighted by molar-refractivity contribution is 0.0935. The molecule has 0 N–H and O–H groups in total. The molecule has 0 bridgehead atoms. The van der Waals surface area contributed by atoms with E-state index in [0.29, 0.717) is 0 Å². The van der Waals surface area contributed by atoms with Crippen molar-refractivity contribution < 1.29 is 19.1 Å². The standard InChI is InChI=1S/C38H42O4/c1-23-17-25(3)37(26(4)18-23)35(39)21-33(29-9-13-31(41-7)14-10-29)34(30-11-15-32(42-8)16-12-30)22-36(40)38-27(5)19-24(2)20-28(38)6/h9-20,33-34H,21-22H2,1-8H3/t33-,34+. The van der Waals surface area contributed by atoms with E-state index < -0.39 is 0 Å². The van der Waals surface area contributed by atoms with Crippen molar-refractivity contribution in [1.82, 2.24) is 0 Å². The first kappa shape index (κ1) is 30.8. The van der Waals surface area contributed by atoms with E-state index in [0.717, 1.165) is 67.1 Å². The van der Waals surface area contributed by atoms with Crippen LogP contribution in [-0.4, -0.2) is 25.8 Å². The van der Waals surface area contributed by atoms with Gasteiger partial charge in [0, 0.05) is 24.0 Å². The third kappa shape index (κ3) is 6.82. The third-order valence-electron chi connectivity index (χ3n) is 8.30. The van der Waals surface area contributed by atoms with Gasteiger partial charge in [0.05, 0.1) is 14.2 Å². The Morgan fingerprint density at radius 1 is 0.524 bits per heavy atom. The summed E-state index contributed by atoms with van der Waals surface area (Å²) in [6, 6.07) is 24.1. The minimum absolute atomic E-state index is 0.0828. The quantitative estimate of drug-likeness (QED) is 0.171. The first-order valence-corrected chi connectivity index (χ1v) is 14.5. The summed E-state index contributed by atoms with van der Waals surface area (Å²) in [7, 11) is 3.29. The van der Waals surface area contributed by atoms with Crippen molar-refractivity contribution in [1.29, 1.82) is 0 Å². The van der Waals surface area contributed by atoms with Crippen LogP contribution in [0.15, 0.2) is 72.8 Å². The summed E-state index contributed by atoms with van der Waals surface area (Å²) in [5.74, 6) is 1.17. The molecule has 4 rings (SSSR count). The highest BCUT2D eigenvalue weighted by atomic mass is 16.5. The van der Waals surface area contributed by atoms with Crippen molar-refractivity contribution in [3.8, 4) is 11.5 Å². The molecule has 218 valence electrons. The average molecular weight is 563 g/mol. The Morgan fingerprint density at radius 2 is 0.810 bits per heavy atom. The van der Waals surface area contributed by atoms with E-state index in [4.69, 9.17) is 9.47 Å². The molecule has 0 fully saturated rings. The Hall–Kier alpha value is -4.18. The second-order valence-electron chi connectivity index (χ2n) is 11.6. The fourth-order valence-corrected chi connectivity index (χ4v) is 6.53. The van der Waals surface area contributed by atoms with E-state index in [9.17, 15) is 9.59 Å². The molecule has 4 nitrogen and oxygen atoms in total. The predicted octanol–water partition coefficient (Wildman–Crippen LogP) is 8.97. The number of methoxy groups -OCH3 is 2. The lowest BCUT2D eigenvalue weighted by Crippen LogP contribution is -2.21. The highest BCUT2D eigenvalue weighted by molar-refractivity contribution is 6.01. The Labute approximate surface area is 250 Å². The van der Waals surface area contributed by atoms with E-state index in [1.54, 1.807) is 14.2 Å². The fourth-order valence-electron chi connectivity index (χ4n) is 6.53. The average Bonchev–Trinajstić information content (AvgIpc) is 2.94. The molecular formula is C38H42O4. The van der Waals surface area contributed by atoms with Gasteiger partial charge in [-0.25, -0.2) is 0 Å². The summed E-state index contributed by atoms with van der Waals surface area (Å²) >= 11 is 0. The number of ether oxygens (including phenoxy) is 2. The maximum absolute atomic E-state index is 14.1. The Balaban J connectivity index is 1.84. The SMILES string of the molecule is COc1ccc([C@@H](CC(=O)c2c(C)cc(C)cc2C)[C@@H](CC(=O)c2c(C)cc(C)cc2C)c2ccc(OC)cc2)cc1. The van der Waals surface area contributed by atoms with Gasteiger partial charge in [0.15, 0.2) is 11.6 Å². The van der Waals surface area contributed by atoms with E-state index >= 15 is 0 Å². The molecule has 4 heteroatoms. The van der Waals surface area contributed by atoms with Crippen LogP contribution in [0, 0.1) is 41.5 Å². The lowest BCUT2D eigenvalue weighted by atomic mass is 9.74. The molecule has 0 saturated heterocycles. The first-order chi connectivity index (χ1) is 20.0. The molecule has 0 aliphatic carbocycles. The molecule has 0 aliphatic heterocycles. The number of benzene rings is 4. The molecule has 4 aromatic rings. The van der Waals surface area contributed by atoms with Crippen LogP contribution in [0.1, 0.15) is 89.9 Å². The van der Waals surface area contributed by atoms with Gasteiger partial charge in [-0.1, -0.05) is 59.7 Å². The van der Waals surface area contributed by atoms with Gasteiger partial charge < -0.3 is 9.47 Å². The number of rotatable bonds is 11. The van der Waals surface area contributed by atoms with Crippen LogP contribution >= 0.6 is 0 Å². The Bertz CT molecular complexity index is 1410. The van der Waals surface area contributed by atoms with Crippen molar-refractivity contribution in [2.75, 3.05) is 14.2 Å². The summed E-state index contributed by atoms with van der Waals surface area (Å²) < 4.78 is 10.9. The molecule has 0 heterocycles. The first-order valence-electron chi connectivity index (χ1n) is 14.5. The van der Waals surface area contributed by atoms with Crippen molar-refractivity contribution in [2.24, 2.45) is 0 Å². The normalized spacial score (nSPS) is 12.5. The summed E-state index contributed by atoms with van der Waals surface area (Å²) in [6.07, 6.45) is 0.541. The Kier molecular flexibility index (Phi) is 9.67. The van der Waals surface area contributed by atoms with Crippen LogP contribution in [0.3, 0.4) is 0 Å². The second-order valence-corrected chi connectivity index (χ2v) is 11.6. The highest BCUT2D eigenvalue weighted by Crippen LogP contribution is 2.41. The fraction of sp³-hybridized carbons (Fsp3) is 0.316. The van der Waals surface area contributed by atoms with E-state index in [1.165, 1.54) is 0 Å². The molecule has 0 radical (unpaired) electrons. The van der Waals surface area contributed by atoms with Gasteiger partial charge in [0.25, 0.3) is 0 Å². The van der Waals surface area contributed by atoms with Crippen LogP contribution in [0.4, 0.5) is 0 Å². The summed E-state index contributed by atoms with van der Waals surface area (Å²) in [4.78, 5) is 28.2. The molecule has 42 heavy (non-hydrogen) atoms. The molecule has 0 aromatic heterocycles. The van der Waals surface area contributed by atoms with Gasteiger partial charge in [-0.3, -0.25) is 9.59 Å². The van der Waals surface area contributed by atoms with E-state index in [1.807, 2.05) is 76.2 Å². The predicted molar refractivity (Wildman–Crippen MR) is 171 cm³/mol. The number of ketones is 2. The minimum atomic E-state index is -0.244. The molecule has 0 unspecified atom stereocenters. The zero-order chi connectivity index (χ0) is 30.6. The molecule has 0 spiro atoms. The number of carbonyl (C=O) groups excluding carboxylic acids is 2. The maximum Gasteiger partial charge on any atom is 0.164 e. The van der Waals surface area contributed by atoms with Crippen molar-refractivity contribution in [2.45, 2.75) is 66.2 Å². The number of hydrogen-bond acceptors (Lipinski definition) is 4. The van der Waals surface area contributed by atoms with Crippen LogP contribution in [0.2, 0.25) is 0 Å². The maximum atomic E-state index is 14.1. The summed E-state index contributed by atoms with van der Waals surface area (Å²) in [5, 5.41) is 0. The minimum Gasteiger partial charge on any atom is -0.497 e. The second kappa shape index (κ2) is 13.2. The zero-order valence-corrected chi connectivity index (χ0v) is 26.1. The summed E-state index contributed by atoms with van der Waals surface area (Å²) in [5.41, 5.74) is 9.73. The van der Waals surface area contributed by atoms with Gasteiger partial charge in [-0.05, 0) is 111 Å². The molecule has 0 saturated carbocycles. The van der Waals surface area contributed by atoms with Crippen LogP contribution in [0.25, 0.3) is 0 Å². The van der Waals surface area contributed by atoms with Gasteiger partial charge in [0.1, 0.15) is 11.5 Å². The molecule has 0 amide bonds. The van der Waals surface area contributed by atoms with Crippen LogP contribution < -0.4 is 9.47 Å². The van der Waals surface area contributed by atoms with Crippen LogP contribution in [0.5, 0.6) is 11.5 Å². The molecule has 2 atom stereocenters. The summed E-state index contributed by atoms with van der Waals surface area (Å²) in [6.45, 7) is 12.1. The van der Waals surface area contributed by atoms with E-state index in [-0.39, 0.29) is 36.2 Å². The van der Waals surface area contributed by atoms with E-state index in [2.05, 4.69) is 38.1 Å². The number of aryl methyl sites for hydroxylation is 6. The topological polar surface area (TPSA) is 52.6 Å². The smallest absolute Gasteiger partial charge is 0.164 e. The van der Waals surface area contributed by atoms with Gasteiger partial charge in [0.2, 0.25) is 0 Å². The molecule has 0 aliphatic rings. The van der Waals surface area contributed by atoms with Gasteiger partial charge in [-0.2, -0.15) is 0 Å². The number of carbonyl (C=O) groups is 2. The number of hydrogen-bond donors (Lipinski definition) is 0. The zero-order valence-electron chi connectivity index (χ0n) is 26.1. The van der Waals surface area contributed by atoms with Crippen LogP contribution in [-0.2, 0) is 0 Å². The monoisotopic (exact) mass is 562 g/mol. The molecular weight excluding hydrogens is 520 g/mol. The van der Waals surface area contributed by atoms with Gasteiger partial charge in [-0.15, -0.1) is 0 Å². The molecule has 4 aromatic carbocycles. The third-order valence-corrected chi connectivity index (χ3v) is 8.30. The van der Waals surface area contributed by atoms with Crippen molar-refractivity contribution in [3.05, 3.63) is 128 Å². The number of Topliss-reactive ketones (excluding diaryl/α,β-unsaturated/α-hetero) is 2. The van der Waals surface area contributed by atoms with Gasteiger partial charge >= 0.3 is 0 Å². The Morgan fingerprint density at radius 3 is 1.07 bits per heavy atom.